The number of rotatable bonds is 5. The lowest BCUT2D eigenvalue weighted by Gasteiger charge is -2.24. The van der Waals surface area contributed by atoms with E-state index < -0.39 is 0 Å². The highest BCUT2D eigenvalue weighted by atomic mass is 79.9. The molecule has 1 aromatic carbocycles. The Morgan fingerprint density at radius 2 is 2.37 bits per heavy atom. The summed E-state index contributed by atoms with van der Waals surface area (Å²) in [6.45, 7) is 3.66. The van der Waals surface area contributed by atoms with E-state index >= 15 is 0 Å². The first-order chi connectivity index (χ1) is 9.19. The van der Waals surface area contributed by atoms with E-state index in [9.17, 15) is 0 Å². The molecule has 19 heavy (non-hydrogen) atoms. The molecule has 1 aliphatic rings. The van der Waals surface area contributed by atoms with Crippen LogP contribution in [0.3, 0.4) is 0 Å². The quantitative estimate of drug-likeness (QED) is 0.902. The van der Waals surface area contributed by atoms with Gasteiger partial charge in [-0.05, 0) is 59.3 Å². The standard InChI is InChI=1S/C15H22BrNO2/c1-2-12(17)8-11-5-6-15(14(16)9-11)19-13-4-3-7-18-10-13/h5-6,9,12-13H,2-4,7-8,10,17H2,1H3. The van der Waals surface area contributed by atoms with Crippen LogP contribution in [0, 0.1) is 0 Å². The van der Waals surface area contributed by atoms with E-state index in [-0.39, 0.29) is 12.1 Å². The number of hydrogen-bond donors (Lipinski definition) is 1. The average Bonchev–Trinajstić information content (AvgIpc) is 2.43. The molecular formula is C15H22BrNO2. The molecule has 1 saturated heterocycles. The third kappa shape index (κ3) is 4.48. The molecule has 1 aromatic rings. The Morgan fingerprint density at radius 1 is 1.53 bits per heavy atom. The topological polar surface area (TPSA) is 44.5 Å². The van der Waals surface area contributed by atoms with Gasteiger partial charge in [-0.3, -0.25) is 0 Å². The SMILES string of the molecule is CCC(N)Cc1ccc(OC2CCCOC2)c(Br)c1. The normalized spacial score (nSPS) is 21.1. The van der Waals surface area contributed by atoms with Crippen LogP contribution in [0.25, 0.3) is 0 Å². The maximum atomic E-state index is 5.98. The third-order valence-electron chi connectivity index (χ3n) is 3.43. The predicted molar refractivity (Wildman–Crippen MR) is 80.6 cm³/mol. The van der Waals surface area contributed by atoms with Crippen molar-refractivity contribution in [2.75, 3.05) is 13.2 Å². The number of benzene rings is 1. The maximum Gasteiger partial charge on any atom is 0.134 e. The van der Waals surface area contributed by atoms with Crippen LogP contribution in [-0.2, 0) is 11.2 Å². The van der Waals surface area contributed by atoms with Gasteiger partial charge in [-0.1, -0.05) is 13.0 Å². The lowest BCUT2D eigenvalue weighted by molar-refractivity contribution is 0.00711. The third-order valence-corrected chi connectivity index (χ3v) is 4.05. The first-order valence-electron chi connectivity index (χ1n) is 6.97. The molecule has 1 heterocycles. The minimum Gasteiger partial charge on any atom is -0.487 e. The van der Waals surface area contributed by atoms with Crippen molar-refractivity contribution in [1.29, 1.82) is 0 Å². The van der Waals surface area contributed by atoms with Gasteiger partial charge in [0.05, 0.1) is 11.1 Å². The van der Waals surface area contributed by atoms with Crippen molar-refractivity contribution >= 4 is 15.9 Å². The van der Waals surface area contributed by atoms with Crippen LogP contribution in [0.1, 0.15) is 31.7 Å². The van der Waals surface area contributed by atoms with Crippen LogP contribution in [0.15, 0.2) is 22.7 Å². The Hall–Kier alpha value is -0.580. The summed E-state index contributed by atoms with van der Waals surface area (Å²) < 4.78 is 12.4. The summed E-state index contributed by atoms with van der Waals surface area (Å²) >= 11 is 3.58. The Bertz CT molecular complexity index is 405. The number of nitrogens with two attached hydrogens (primary N) is 1. The van der Waals surface area contributed by atoms with Crippen LogP contribution in [0.4, 0.5) is 0 Å². The highest BCUT2D eigenvalue weighted by Crippen LogP contribution is 2.28. The van der Waals surface area contributed by atoms with Gasteiger partial charge < -0.3 is 15.2 Å². The van der Waals surface area contributed by atoms with Gasteiger partial charge >= 0.3 is 0 Å². The fraction of sp³-hybridized carbons (Fsp3) is 0.600. The number of hydrogen-bond acceptors (Lipinski definition) is 3. The monoisotopic (exact) mass is 327 g/mol. The van der Waals surface area contributed by atoms with Crippen molar-refractivity contribution in [3.8, 4) is 5.75 Å². The molecule has 1 fully saturated rings. The molecule has 0 bridgehead atoms. The van der Waals surface area contributed by atoms with Crippen molar-refractivity contribution in [2.24, 2.45) is 5.73 Å². The summed E-state index contributed by atoms with van der Waals surface area (Å²) in [5.74, 6) is 0.893. The summed E-state index contributed by atoms with van der Waals surface area (Å²) in [5.41, 5.74) is 7.22. The molecule has 4 heteroatoms. The number of halogens is 1. The van der Waals surface area contributed by atoms with Crippen molar-refractivity contribution in [3.63, 3.8) is 0 Å². The Labute approximate surface area is 123 Å². The molecule has 106 valence electrons. The van der Waals surface area contributed by atoms with Gasteiger partial charge in [-0.2, -0.15) is 0 Å². The van der Waals surface area contributed by atoms with E-state index in [0.29, 0.717) is 6.61 Å². The highest BCUT2D eigenvalue weighted by molar-refractivity contribution is 9.10. The molecule has 0 aliphatic carbocycles. The molecule has 0 saturated carbocycles. The molecule has 0 spiro atoms. The van der Waals surface area contributed by atoms with Gasteiger partial charge in [0.25, 0.3) is 0 Å². The average molecular weight is 328 g/mol. The summed E-state index contributed by atoms with van der Waals surface area (Å²) in [4.78, 5) is 0. The molecule has 0 aromatic heterocycles. The van der Waals surface area contributed by atoms with E-state index in [0.717, 1.165) is 42.5 Å². The maximum absolute atomic E-state index is 5.98. The van der Waals surface area contributed by atoms with Gasteiger partial charge in [0.1, 0.15) is 11.9 Å². The van der Waals surface area contributed by atoms with E-state index in [1.807, 2.05) is 6.07 Å². The first kappa shape index (κ1) is 14.8. The molecule has 2 atom stereocenters. The largest absolute Gasteiger partial charge is 0.487 e. The van der Waals surface area contributed by atoms with Gasteiger partial charge in [-0.15, -0.1) is 0 Å². The minimum atomic E-state index is 0.175. The highest BCUT2D eigenvalue weighted by Gasteiger charge is 2.16. The van der Waals surface area contributed by atoms with Crippen molar-refractivity contribution in [1.82, 2.24) is 0 Å². The Balaban J connectivity index is 1.98. The van der Waals surface area contributed by atoms with E-state index in [2.05, 4.69) is 35.0 Å². The molecule has 0 amide bonds. The van der Waals surface area contributed by atoms with Gasteiger partial charge in [0.15, 0.2) is 0 Å². The van der Waals surface area contributed by atoms with Crippen LogP contribution < -0.4 is 10.5 Å². The molecular weight excluding hydrogens is 306 g/mol. The van der Waals surface area contributed by atoms with Crippen molar-refractivity contribution < 1.29 is 9.47 Å². The zero-order chi connectivity index (χ0) is 13.7. The van der Waals surface area contributed by atoms with Gasteiger partial charge in [0.2, 0.25) is 0 Å². The number of ether oxygens (including phenoxy) is 2. The molecule has 1 aliphatic heterocycles. The summed E-state index contributed by atoms with van der Waals surface area (Å²) in [6, 6.07) is 6.45. The fourth-order valence-electron chi connectivity index (χ4n) is 2.20. The van der Waals surface area contributed by atoms with E-state index in [1.54, 1.807) is 0 Å². The van der Waals surface area contributed by atoms with Crippen molar-refractivity contribution in [2.45, 2.75) is 44.8 Å². The molecule has 2 N–H and O–H groups in total. The van der Waals surface area contributed by atoms with Crippen molar-refractivity contribution in [3.05, 3.63) is 28.2 Å². The van der Waals surface area contributed by atoms with Crippen LogP contribution >= 0.6 is 15.9 Å². The zero-order valence-electron chi connectivity index (χ0n) is 11.4. The molecule has 2 unspecified atom stereocenters. The molecule has 0 radical (unpaired) electrons. The van der Waals surface area contributed by atoms with E-state index in [1.165, 1.54) is 5.56 Å². The van der Waals surface area contributed by atoms with Crippen LogP contribution in [0.5, 0.6) is 5.75 Å². The minimum absolute atomic E-state index is 0.175. The smallest absolute Gasteiger partial charge is 0.134 e. The van der Waals surface area contributed by atoms with Crippen LogP contribution in [-0.4, -0.2) is 25.4 Å². The molecule has 3 nitrogen and oxygen atoms in total. The zero-order valence-corrected chi connectivity index (χ0v) is 13.0. The Kier molecular flexibility index (Phi) is 5.67. The molecule has 2 rings (SSSR count). The lowest BCUT2D eigenvalue weighted by atomic mass is 10.0. The predicted octanol–water partition coefficient (Wildman–Crippen LogP) is 3.29. The Morgan fingerprint density at radius 3 is 3.00 bits per heavy atom. The first-order valence-corrected chi connectivity index (χ1v) is 7.76. The summed E-state index contributed by atoms with van der Waals surface area (Å²) in [7, 11) is 0. The fourth-order valence-corrected chi connectivity index (χ4v) is 2.72. The van der Waals surface area contributed by atoms with Crippen LogP contribution in [0.2, 0.25) is 0 Å². The van der Waals surface area contributed by atoms with Gasteiger partial charge in [0, 0.05) is 12.6 Å². The second-order valence-electron chi connectivity index (χ2n) is 5.09. The summed E-state index contributed by atoms with van der Waals surface area (Å²) in [6.07, 6.45) is 4.21. The second kappa shape index (κ2) is 7.27. The lowest BCUT2D eigenvalue weighted by Crippen LogP contribution is -2.28. The second-order valence-corrected chi connectivity index (χ2v) is 5.95. The van der Waals surface area contributed by atoms with E-state index in [4.69, 9.17) is 15.2 Å². The van der Waals surface area contributed by atoms with Gasteiger partial charge in [-0.25, -0.2) is 0 Å². The summed E-state index contributed by atoms with van der Waals surface area (Å²) in [5, 5.41) is 0.